The molecule has 2 rings (SSSR count). The molecule has 1 aliphatic heterocycles. The zero-order valence-corrected chi connectivity index (χ0v) is 12.7. The van der Waals surface area contributed by atoms with Gasteiger partial charge < -0.3 is 0 Å². The molecule has 0 spiro atoms. The first-order valence-electron chi connectivity index (χ1n) is 6.23. The van der Waals surface area contributed by atoms with E-state index in [4.69, 9.17) is 10.5 Å². The predicted molar refractivity (Wildman–Crippen MR) is 62.0 cm³/mol. The van der Waals surface area contributed by atoms with E-state index in [0.29, 0.717) is 33.3 Å². The Morgan fingerprint density at radius 3 is 2.50 bits per heavy atom. The molecule has 0 radical (unpaired) electrons. The van der Waals surface area contributed by atoms with Crippen LogP contribution in [0, 0.1) is 0 Å². The molecule has 2 aliphatic rings. The van der Waals surface area contributed by atoms with Crippen LogP contribution < -0.4 is 32.3 Å². The van der Waals surface area contributed by atoms with Crippen molar-refractivity contribution in [2.24, 2.45) is 5.73 Å². The zero-order valence-electron chi connectivity index (χ0n) is 10.5. The van der Waals surface area contributed by atoms with Gasteiger partial charge in [0.15, 0.2) is 0 Å². The van der Waals surface area contributed by atoms with Crippen LogP contribution in [0.5, 0.6) is 0 Å². The van der Waals surface area contributed by atoms with Crippen molar-refractivity contribution in [1.29, 1.82) is 0 Å². The molecule has 0 amide bonds. The number of hydrogen-bond donors (Lipinski definition) is 2. The fraction of sp³-hybridized carbons (Fsp3) is 1.00. The molecule has 2 fully saturated rings. The molecular weight excluding hydrogens is 315 g/mol. The van der Waals surface area contributed by atoms with E-state index in [9.17, 15) is 0 Å². The van der Waals surface area contributed by atoms with Crippen molar-refractivity contribution in [3.8, 4) is 0 Å². The summed E-state index contributed by atoms with van der Waals surface area (Å²) < 4.78 is 8.37. The van der Waals surface area contributed by atoms with Gasteiger partial charge in [0.1, 0.15) is 0 Å². The molecule has 3 N–H and O–H groups in total. The maximum absolute atomic E-state index is 6.13. The van der Waals surface area contributed by atoms with E-state index in [2.05, 4.69) is 26.1 Å². The SMILES string of the molecule is CC(C)(C)OC(NC1CCCC1N)C1C[I-]1. The number of nitrogens with one attached hydrogen (secondary N) is 1. The molecule has 1 aliphatic carbocycles. The summed E-state index contributed by atoms with van der Waals surface area (Å²) in [5.74, 6) is 0. The predicted octanol–water partition coefficient (Wildman–Crippen LogP) is -1.93. The summed E-state index contributed by atoms with van der Waals surface area (Å²) in [6, 6.07) is 0.819. The second-order valence-electron chi connectivity index (χ2n) is 5.84. The van der Waals surface area contributed by atoms with Crippen molar-refractivity contribution < 1.29 is 25.9 Å². The molecule has 4 atom stereocenters. The summed E-state index contributed by atoms with van der Waals surface area (Å²) in [5.41, 5.74) is 6.05. The van der Waals surface area contributed by atoms with Gasteiger partial charge in [0, 0.05) is 0 Å². The molecule has 1 heterocycles. The standard InChI is InChI=1S/C12H24IN2O/c1-12(2,3)16-11(8-7-13-8)15-10-6-4-5-9(10)14/h8-11,15H,4-7,14H2,1-3H3/q-1. The quantitative estimate of drug-likeness (QED) is 0.356. The van der Waals surface area contributed by atoms with Gasteiger partial charge >= 0.3 is 109 Å². The van der Waals surface area contributed by atoms with Crippen molar-refractivity contribution in [1.82, 2.24) is 5.32 Å². The summed E-state index contributed by atoms with van der Waals surface area (Å²) in [7, 11) is 0. The fourth-order valence-electron chi connectivity index (χ4n) is 2.21. The fourth-order valence-corrected chi connectivity index (χ4v) is 3.78. The Hall–Kier alpha value is 0.610. The number of nitrogens with two attached hydrogens (primary N) is 1. The topological polar surface area (TPSA) is 47.3 Å². The van der Waals surface area contributed by atoms with Crippen LogP contribution >= 0.6 is 0 Å². The average Bonchev–Trinajstić information content (AvgIpc) is 2.90. The van der Waals surface area contributed by atoms with E-state index in [0.717, 1.165) is 3.92 Å². The molecule has 0 aromatic carbocycles. The molecule has 96 valence electrons. The van der Waals surface area contributed by atoms with Crippen LogP contribution in [-0.2, 0) is 4.74 Å². The maximum atomic E-state index is 6.13. The number of alkyl halides is 2. The van der Waals surface area contributed by atoms with E-state index in [1.807, 2.05) is 0 Å². The van der Waals surface area contributed by atoms with Gasteiger partial charge in [-0.15, -0.1) is 0 Å². The summed E-state index contributed by atoms with van der Waals surface area (Å²) >= 11 is 0.414. The van der Waals surface area contributed by atoms with Crippen LogP contribution in [0.3, 0.4) is 0 Å². The molecular formula is C12H24IN2O-. The summed E-state index contributed by atoms with van der Waals surface area (Å²) in [4.78, 5) is 0. The zero-order chi connectivity index (χ0) is 11.8. The Kier molecular flexibility index (Phi) is 4.14. The van der Waals surface area contributed by atoms with Gasteiger partial charge in [0.05, 0.1) is 0 Å². The van der Waals surface area contributed by atoms with E-state index in [1.54, 1.807) is 0 Å². The third kappa shape index (κ3) is 3.82. The van der Waals surface area contributed by atoms with E-state index < -0.39 is 0 Å². The molecule has 4 unspecified atom stereocenters. The molecule has 0 aromatic heterocycles. The van der Waals surface area contributed by atoms with Crippen molar-refractivity contribution in [2.75, 3.05) is 4.43 Å². The van der Waals surface area contributed by atoms with Crippen molar-refractivity contribution >= 4 is 0 Å². The van der Waals surface area contributed by atoms with Crippen LogP contribution in [0.1, 0.15) is 40.0 Å². The van der Waals surface area contributed by atoms with Crippen LogP contribution in [0.15, 0.2) is 0 Å². The molecule has 0 bridgehead atoms. The second-order valence-corrected chi connectivity index (χ2v) is 9.20. The van der Waals surface area contributed by atoms with E-state index in [-0.39, 0.29) is 11.8 Å². The van der Waals surface area contributed by atoms with Crippen LogP contribution in [0.25, 0.3) is 0 Å². The Morgan fingerprint density at radius 1 is 1.38 bits per heavy atom. The molecule has 1 saturated heterocycles. The minimum absolute atomic E-state index is 0.0489. The third-order valence-electron chi connectivity index (χ3n) is 3.09. The van der Waals surface area contributed by atoms with Gasteiger partial charge in [-0.05, 0) is 0 Å². The molecule has 1 saturated carbocycles. The second kappa shape index (κ2) is 5.08. The normalized spacial score (nSPS) is 36.9. The van der Waals surface area contributed by atoms with Gasteiger partial charge in [0.2, 0.25) is 0 Å². The Morgan fingerprint density at radius 2 is 2.06 bits per heavy atom. The number of halogens is 1. The van der Waals surface area contributed by atoms with E-state index in [1.165, 1.54) is 23.7 Å². The van der Waals surface area contributed by atoms with Gasteiger partial charge in [-0.2, -0.15) is 0 Å². The van der Waals surface area contributed by atoms with Gasteiger partial charge in [-0.25, -0.2) is 0 Å². The van der Waals surface area contributed by atoms with Crippen LogP contribution in [0.2, 0.25) is 0 Å². The van der Waals surface area contributed by atoms with Gasteiger partial charge in [-0.3, -0.25) is 0 Å². The Bertz CT molecular complexity index is 238. The third-order valence-corrected chi connectivity index (χ3v) is 5.64. The average molecular weight is 339 g/mol. The Labute approximate surface area is 109 Å². The Balaban J connectivity index is 1.87. The van der Waals surface area contributed by atoms with Crippen molar-refractivity contribution in [2.45, 2.75) is 67.9 Å². The summed E-state index contributed by atoms with van der Waals surface area (Å²) in [5, 5.41) is 3.66. The molecule has 16 heavy (non-hydrogen) atoms. The van der Waals surface area contributed by atoms with Crippen molar-refractivity contribution in [3.05, 3.63) is 0 Å². The summed E-state index contributed by atoms with van der Waals surface area (Å²) in [6.07, 6.45) is 3.92. The number of rotatable bonds is 4. The van der Waals surface area contributed by atoms with E-state index >= 15 is 0 Å². The molecule has 3 nitrogen and oxygen atoms in total. The summed E-state index contributed by atoms with van der Waals surface area (Å²) in [6.45, 7) is 6.41. The van der Waals surface area contributed by atoms with Crippen LogP contribution in [-0.4, -0.2) is 32.3 Å². The van der Waals surface area contributed by atoms with Gasteiger partial charge in [-0.1, -0.05) is 0 Å². The first-order chi connectivity index (χ1) is 7.46. The van der Waals surface area contributed by atoms with Crippen molar-refractivity contribution in [3.63, 3.8) is 0 Å². The monoisotopic (exact) mass is 339 g/mol. The number of hydrogen-bond acceptors (Lipinski definition) is 3. The first kappa shape index (κ1) is 13.1. The molecule has 0 aromatic rings. The molecule has 4 heteroatoms. The minimum atomic E-state index is -0.0489. The first-order valence-corrected chi connectivity index (χ1v) is 9.00. The van der Waals surface area contributed by atoms with Gasteiger partial charge in [0.25, 0.3) is 0 Å². The van der Waals surface area contributed by atoms with Crippen LogP contribution in [0.4, 0.5) is 0 Å². The number of ether oxygens (including phenoxy) is 1.